The smallest absolute Gasteiger partial charge is 0.148 e. The van der Waals surface area contributed by atoms with Gasteiger partial charge in [0.2, 0.25) is 0 Å². The van der Waals surface area contributed by atoms with E-state index >= 15 is 0 Å². The number of hydrogen-bond donors (Lipinski definition) is 2. The highest BCUT2D eigenvalue weighted by atomic mass is 16.5. The molecular formula is C16H23NO2. The second kappa shape index (κ2) is 8.58. The summed E-state index contributed by atoms with van der Waals surface area (Å²) in [5.41, 5.74) is 1.06. The van der Waals surface area contributed by atoms with E-state index < -0.39 is 0 Å². The molecule has 0 aliphatic carbocycles. The Morgan fingerprint density at radius 3 is 2.74 bits per heavy atom. The first-order valence-corrected chi connectivity index (χ1v) is 6.65. The van der Waals surface area contributed by atoms with Gasteiger partial charge in [0.05, 0.1) is 6.61 Å². The number of aliphatic hydroxyl groups excluding tert-OH is 1. The van der Waals surface area contributed by atoms with E-state index in [-0.39, 0.29) is 19.3 Å². The molecule has 0 fully saturated rings. The molecule has 0 radical (unpaired) electrons. The second-order valence-corrected chi connectivity index (χ2v) is 4.99. The van der Waals surface area contributed by atoms with E-state index in [2.05, 4.69) is 25.1 Å². The molecule has 1 atom stereocenters. The summed E-state index contributed by atoms with van der Waals surface area (Å²) in [6.45, 7) is 5.37. The maximum absolute atomic E-state index is 9.34. The van der Waals surface area contributed by atoms with Gasteiger partial charge in [0.25, 0.3) is 0 Å². The van der Waals surface area contributed by atoms with Crippen molar-refractivity contribution in [1.29, 1.82) is 0 Å². The lowest BCUT2D eigenvalue weighted by atomic mass is 10.0. The van der Waals surface area contributed by atoms with Crippen molar-refractivity contribution >= 4 is 0 Å². The van der Waals surface area contributed by atoms with Crippen LogP contribution in [0.1, 0.15) is 25.8 Å². The minimum absolute atomic E-state index is 0.112. The minimum atomic E-state index is 0.112. The number of rotatable bonds is 8. The minimum Gasteiger partial charge on any atom is -0.481 e. The molecule has 0 saturated heterocycles. The quantitative estimate of drug-likeness (QED) is 0.705. The molecule has 0 aliphatic heterocycles. The van der Waals surface area contributed by atoms with E-state index in [1.807, 2.05) is 24.3 Å². The lowest BCUT2D eigenvalue weighted by Gasteiger charge is -2.19. The van der Waals surface area contributed by atoms with Gasteiger partial charge >= 0.3 is 0 Å². The third-order valence-corrected chi connectivity index (χ3v) is 2.84. The Morgan fingerprint density at radius 1 is 1.37 bits per heavy atom. The molecule has 0 aromatic heterocycles. The molecule has 3 heteroatoms. The average molecular weight is 261 g/mol. The van der Waals surface area contributed by atoms with Gasteiger partial charge in [-0.2, -0.15) is 0 Å². The van der Waals surface area contributed by atoms with Crippen LogP contribution in [0.4, 0.5) is 0 Å². The number of aliphatic hydroxyl groups is 1. The van der Waals surface area contributed by atoms with E-state index in [9.17, 15) is 5.11 Å². The maximum atomic E-state index is 9.34. The van der Waals surface area contributed by atoms with Crippen LogP contribution in [0.2, 0.25) is 0 Å². The van der Waals surface area contributed by atoms with Gasteiger partial charge in [-0.05, 0) is 18.4 Å². The van der Waals surface area contributed by atoms with Gasteiger partial charge in [-0.25, -0.2) is 0 Å². The maximum Gasteiger partial charge on any atom is 0.148 e. The lowest BCUT2D eigenvalue weighted by molar-refractivity contribution is 0.223. The van der Waals surface area contributed by atoms with Gasteiger partial charge in [0.1, 0.15) is 12.4 Å². The largest absolute Gasteiger partial charge is 0.481 e. The number of ether oxygens (including phenoxy) is 1. The second-order valence-electron chi connectivity index (χ2n) is 4.99. The molecule has 1 aromatic carbocycles. The van der Waals surface area contributed by atoms with Gasteiger partial charge in [-0.1, -0.05) is 38.0 Å². The fourth-order valence-electron chi connectivity index (χ4n) is 1.96. The third-order valence-electron chi connectivity index (χ3n) is 2.84. The van der Waals surface area contributed by atoms with Gasteiger partial charge in [-0.3, -0.25) is 0 Å². The van der Waals surface area contributed by atoms with Gasteiger partial charge < -0.3 is 15.2 Å². The predicted octanol–water partition coefficient (Wildman–Crippen LogP) is 2.20. The van der Waals surface area contributed by atoms with E-state index in [0.717, 1.165) is 17.7 Å². The van der Waals surface area contributed by atoms with Crippen molar-refractivity contribution in [3.63, 3.8) is 0 Å². The highest BCUT2D eigenvalue weighted by molar-refractivity contribution is 5.33. The van der Waals surface area contributed by atoms with Crippen LogP contribution in [0.25, 0.3) is 0 Å². The Balaban J connectivity index is 2.58. The van der Waals surface area contributed by atoms with Crippen LogP contribution in [0.5, 0.6) is 5.75 Å². The Hall–Kier alpha value is -1.50. The summed E-state index contributed by atoms with van der Waals surface area (Å²) in [6, 6.07) is 7.91. The SMILES string of the molecule is C#CCOc1ccccc1CNC(CO)CC(C)C. The molecule has 0 heterocycles. The van der Waals surface area contributed by atoms with E-state index in [1.54, 1.807) is 0 Å². The van der Waals surface area contributed by atoms with Gasteiger partial charge in [0, 0.05) is 18.2 Å². The van der Waals surface area contributed by atoms with Crippen LogP contribution in [0, 0.1) is 18.3 Å². The summed E-state index contributed by atoms with van der Waals surface area (Å²) in [6.07, 6.45) is 6.15. The predicted molar refractivity (Wildman–Crippen MR) is 77.9 cm³/mol. The fraction of sp³-hybridized carbons (Fsp3) is 0.500. The zero-order valence-corrected chi connectivity index (χ0v) is 11.7. The monoisotopic (exact) mass is 261 g/mol. The van der Waals surface area contributed by atoms with E-state index in [4.69, 9.17) is 11.2 Å². The van der Waals surface area contributed by atoms with Crippen LogP contribution in [0.3, 0.4) is 0 Å². The van der Waals surface area contributed by atoms with E-state index in [0.29, 0.717) is 12.5 Å². The van der Waals surface area contributed by atoms with Crippen molar-refractivity contribution in [2.75, 3.05) is 13.2 Å². The molecule has 2 N–H and O–H groups in total. The highest BCUT2D eigenvalue weighted by Gasteiger charge is 2.10. The average Bonchev–Trinajstić information content (AvgIpc) is 2.41. The van der Waals surface area contributed by atoms with Crippen molar-refractivity contribution in [3.8, 4) is 18.1 Å². The molecule has 1 unspecified atom stereocenters. The molecule has 0 bridgehead atoms. The van der Waals surface area contributed by atoms with Crippen molar-refractivity contribution in [2.24, 2.45) is 5.92 Å². The summed E-state index contributed by atoms with van der Waals surface area (Å²) in [4.78, 5) is 0. The lowest BCUT2D eigenvalue weighted by Crippen LogP contribution is -2.33. The fourth-order valence-corrected chi connectivity index (χ4v) is 1.96. The van der Waals surface area contributed by atoms with Crippen LogP contribution >= 0.6 is 0 Å². The van der Waals surface area contributed by atoms with Crippen LogP contribution in [-0.2, 0) is 6.54 Å². The molecule has 0 amide bonds. The number of hydrogen-bond acceptors (Lipinski definition) is 3. The zero-order chi connectivity index (χ0) is 14.1. The normalized spacial score (nSPS) is 12.2. The first-order valence-electron chi connectivity index (χ1n) is 6.65. The Morgan fingerprint density at radius 2 is 2.11 bits per heavy atom. The summed E-state index contributed by atoms with van der Waals surface area (Å²) in [7, 11) is 0. The molecule has 19 heavy (non-hydrogen) atoms. The van der Waals surface area contributed by atoms with Crippen molar-refractivity contribution in [1.82, 2.24) is 5.32 Å². The summed E-state index contributed by atoms with van der Waals surface area (Å²) in [5.74, 6) is 3.82. The van der Waals surface area contributed by atoms with Gasteiger partial charge in [0.15, 0.2) is 0 Å². The highest BCUT2D eigenvalue weighted by Crippen LogP contribution is 2.18. The molecule has 0 saturated carbocycles. The topological polar surface area (TPSA) is 41.5 Å². The van der Waals surface area contributed by atoms with Crippen LogP contribution in [0.15, 0.2) is 24.3 Å². The van der Waals surface area contributed by atoms with Gasteiger partial charge in [-0.15, -0.1) is 6.42 Å². The molecule has 1 rings (SSSR count). The molecule has 0 spiro atoms. The summed E-state index contributed by atoms with van der Waals surface area (Å²) in [5, 5.41) is 12.7. The molecule has 104 valence electrons. The molecule has 0 aliphatic rings. The van der Waals surface area contributed by atoms with Crippen molar-refractivity contribution in [2.45, 2.75) is 32.9 Å². The van der Waals surface area contributed by atoms with Crippen LogP contribution < -0.4 is 10.1 Å². The molecular weight excluding hydrogens is 238 g/mol. The first kappa shape index (κ1) is 15.6. The number of benzene rings is 1. The Labute approximate surface area is 116 Å². The Kier molecular flexibility index (Phi) is 7.02. The van der Waals surface area contributed by atoms with E-state index in [1.165, 1.54) is 0 Å². The number of terminal acetylenes is 1. The number of para-hydroxylation sites is 1. The molecule has 1 aromatic rings. The number of nitrogens with one attached hydrogen (secondary N) is 1. The molecule has 3 nitrogen and oxygen atoms in total. The zero-order valence-electron chi connectivity index (χ0n) is 11.7. The van der Waals surface area contributed by atoms with Crippen LogP contribution in [-0.4, -0.2) is 24.4 Å². The van der Waals surface area contributed by atoms with Crippen molar-refractivity contribution in [3.05, 3.63) is 29.8 Å². The standard InChI is InChI=1S/C16H23NO2/c1-4-9-19-16-8-6-5-7-14(16)11-17-15(12-18)10-13(2)3/h1,5-8,13,15,17-18H,9-12H2,2-3H3. The third kappa shape index (κ3) is 5.78. The summed E-state index contributed by atoms with van der Waals surface area (Å²) < 4.78 is 5.49. The summed E-state index contributed by atoms with van der Waals surface area (Å²) >= 11 is 0. The first-order chi connectivity index (χ1) is 9.17. The Bertz CT molecular complexity index is 409. The van der Waals surface area contributed by atoms with Crippen molar-refractivity contribution < 1.29 is 9.84 Å².